The quantitative estimate of drug-likeness (QED) is 0.930. The molecule has 0 aliphatic heterocycles. The molecule has 0 aliphatic carbocycles. The van der Waals surface area contributed by atoms with Crippen molar-refractivity contribution in [3.8, 4) is 0 Å². The Balaban J connectivity index is 2.08. The van der Waals surface area contributed by atoms with Gasteiger partial charge in [0.05, 0.1) is 17.8 Å². The van der Waals surface area contributed by atoms with E-state index in [-0.39, 0.29) is 12.4 Å². The first-order valence-corrected chi connectivity index (χ1v) is 5.51. The Bertz CT molecular complexity index is 569. The molecule has 2 rings (SSSR count). The fourth-order valence-electron chi connectivity index (χ4n) is 1.49. The zero-order chi connectivity index (χ0) is 13.9. The van der Waals surface area contributed by atoms with Gasteiger partial charge in [0.25, 0.3) is 0 Å². The summed E-state index contributed by atoms with van der Waals surface area (Å²) in [5.41, 5.74) is -0.0458. The van der Waals surface area contributed by atoms with E-state index in [4.69, 9.17) is 0 Å². The lowest BCUT2D eigenvalue weighted by molar-refractivity contribution is -0.137. The first-order chi connectivity index (χ1) is 8.95. The molecule has 0 fully saturated rings. The molecule has 1 N–H and O–H groups in total. The van der Waals surface area contributed by atoms with Crippen LogP contribution in [0.2, 0.25) is 0 Å². The van der Waals surface area contributed by atoms with Crippen molar-refractivity contribution in [3.63, 3.8) is 0 Å². The number of rotatable bonds is 3. The summed E-state index contributed by atoms with van der Waals surface area (Å²) < 4.78 is 37.5. The van der Waals surface area contributed by atoms with Gasteiger partial charge in [-0.1, -0.05) is 0 Å². The Morgan fingerprint density at radius 3 is 2.58 bits per heavy atom. The Labute approximate surface area is 107 Å². The zero-order valence-corrected chi connectivity index (χ0v) is 10.1. The van der Waals surface area contributed by atoms with Crippen LogP contribution in [0, 0.1) is 6.92 Å². The molecule has 2 aromatic rings. The summed E-state index contributed by atoms with van der Waals surface area (Å²) in [5.74, 6) is 0.766. The second-order valence-corrected chi connectivity index (χ2v) is 3.88. The van der Waals surface area contributed by atoms with Gasteiger partial charge in [0.15, 0.2) is 0 Å². The number of halogens is 3. The molecule has 0 saturated carbocycles. The van der Waals surface area contributed by atoms with E-state index < -0.39 is 11.7 Å². The maximum atomic E-state index is 12.5. The predicted molar refractivity (Wildman–Crippen MR) is 63.3 cm³/mol. The summed E-state index contributed by atoms with van der Waals surface area (Å²) in [7, 11) is 0. The third kappa shape index (κ3) is 3.64. The van der Waals surface area contributed by atoms with E-state index >= 15 is 0 Å². The van der Waals surface area contributed by atoms with Gasteiger partial charge in [-0.25, -0.2) is 15.0 Å². The normalized spacial score (nSPS) is 11.4. The monoisotopic (exact) mass is 268 g/mol. The first kappa shape index (κ1) is 13.3. The third-order valence-corrected chi connectivity index (χ3v) is 2.37. The second-order valence-electron chi connectivity index (χ2n) is 3.88. The van der Waals surface area contributed by atoms with E-state index in [0.29, 0.717) is 11.5 Å². The van der Waals surface area contributed by atoms with E-state index in [1.54, 1.807) is 19.2 Å². The van der Waals surface area contributed by atoms with Crippen LogP contribution in [0.5, 0.6) is 0 Å². The number of hydrogen-bond donors (Lipinski definition) is 1. The molecule has 19 heavy (non-hydrogen) atoms. The number of hydrogen-bond acceptors (Lipinski definition) is 4. The molecular weight excluding hydrogens is 257 g/mol. The van der Waals surface area contributed by atoms with Gasteiger partial charge in [-0.05, 0) is 25.1 Å². The van der Waals surface area contributed by atoms with Gasteiger partial charge in [-0.2, -0.15) is 13.2 Å². The molecular formula is C12H11F3N4. The van der Waals surface area contributed by atoms with Crippen LogP contribution in [0.3, 0.4) is 0 Å². The van der Waals surface area contributed by atoms with Crippen molar-refractivity contribution in [1.82, 2.24) is 15.0 Å². The molecule has 7 heteroatoms. The standard InChI is InChI=1S/C12H11F3N4/c1-8-16-5-3-10(19-8)7-18-11-6-9(2-4-17-11)12(13,14)15/h2-6H,7H2,1H3,(H,17,18). The lowest BCUT2D eigenvalue weighted by atomic mass is 10.2. The van der Waals surface area contributed by atoms with Gasteiger partial charge in [0.2, 0.25) is 0 Å². The minimum atomic E-state index is -4.37. The van der Waals surface area contributed by atoms with Crippen LogP contribution in [-0.2, 0) is 12.7 Å². The van der Waals surface area contributed by atoms with E-state index in [9.17, 15) is 13.2 Å². The minimum absolute atomic E-state index is 0.158. The fraction of sp³-hybridized carbons (Fsp3) is 0.250. The summed E-state index contributed by atoms with van der Waals surface area (Å²) in [6, 6.07) is 3.58. The van der Waals surface area contributed by atoms with Crippen molar-refractivity contribution in [2.45, 2.75) is 19.6 Å². The second kappa shape index (κ2) is 5.21. The van der Waals surface area contributed by atoms with Crippen molar-refractivity contribution in [1.29, 1.82) is 0 Å². The molecule has 0 aromatic carbocycles. The zero-order valence-electron chi connectivity index (χ0n) is 10.1. The van der Waals surface area contributed by atoms with Crippen LogP contribution in [0.4, 0.5) is 19.0 Å². The number of nitrogens with zero attached hydrogens (tertiary/aromatic N) is 3. The van der Waals surface area contributed by atoms with Crippen LogP contribution in [0.15, 0.2) is 30.6 Å². The molecule has 0 radical (unpaired) electrons. The maximum Gasteiger partial charge on any atom is 0.416 e. The minimum Gasteiger partial charge on any atom is -0.364 e. The molecule has 2 heterocycles. The van der Waals surface area contributed by atoms with Crippen molar-refractivity contribution in [3.05, 3.63) is 47.7 Å². The Morgan fingerprint density at radius 1 is 1.16 bits per heavy atom. The highest BCUT2D eigenvalue weighted by atomic mass is 19.4. The Kier molecular flexibility index (Phi) is 3.64. The van der Waals surface area contributed by atoms with E-state index in [0.717, 1.165) is 18.3 Å². The van der Waals surface area contributed by atoms with Crippen LogP contribution in [0.1, 0.15) is 17.1 Å². The predicted octanol–water partition coefficient (Wildman–Crippen LogP) is 2.81. The van der Waals surface area contributed by atoms with E-state index in [1.165, 1.54) is 0 Å². The van der Waals surface area contributed by atoms with E-state index in [1.807, 2.05) is 0 Å². The van der Waals surface area contributed by atoms with E-state index in [2.05, 4.69) is 20.3 Å². The average molecular weight is 268 g/mol. The topological polar surface area (TPSA) is 50.7 Å². The van der Waals surface area contributed by atoms with Gasteiger partial charge in [-0.15, -0.1) is 0 Å². The number of anilines is 1. The first-order valence-electron chi connectivity index (χ1n) is 5.51. The van der Waals surface area contributed by atoms with Crippen molar-refractivity contribution in [2.75, 3.05) is 5.32 Å². The molecule has 4 nitrogen and oxygen atoms in total. The summed E-state index contributed by atoms with van der Waals surface area (Å²) in [6.07, 6.45) is -1.65. The molecule has 2 aromatic heterocycles. The Morgan fingerprint density at radius 2 is 1.89 bits per heavy atom. The van der Waals surface area contributed by atoms with Gasteiger partial charge < -0.3 is 5.32 Å². The molecule has 0 amide bonds. The van der Waals surface area contributed by atoms with Crippen LogP contribution < -0.4 is 5.32 Å². The van der Waals surface area contributed by atoms with Crippen LogP contribution >= 0.6 is 0 Å². The highest BCUT2D eigenvalue weighted by molar-refractivity contribution is 5.38. The average Bonchev–Trinajstić information content (AvgIpc) is 2.36. The van der Waals surface area contributed by atoms with Gasteiger partial charge in [0.1, 0.15) is 11.6 Å². The molecule has 0 spiro atoms. The van der Waals surface area contributed by atoms with Crippen LogP contribution in [-0.4, -0.2) is 15.0 Å². The van der Waals surface area contributed by atoms with Gasteiger partial charge in [-0.3, -0.25) is 0 Å². The lowest BCUT2D eigenvalue weighted by Crippen LogP contribution is -2.08. The highest BCUT2D eigenvalue weighted by Crippen LogP contribution is 2.29. The molecule has 0 bridgehead atoms. The van der Waals surface area contributed by atoms with Gasteiger partial charge in [0, 0.05) is 12.4 Å². The number of aromatic nitrogens is 3. The summed E-state index contributed by atoms with van der Waals surface area (Å²) in [4.78, 5) is 11.9. The summed E-state index contributed by atoms with van der Waals surface area (Å²) >= 11 is 0. The van der Waals surface area contributed by atoms with Crippen molar-refractivity contribution in [2.24, 2.45) is 0 Å². The molecule has 100 valence electrons. The van der Waals surface area contributed by atoms with Gasteiger partial charge >= 0.3 is 6.18 Å². The summed E-state index contributed by atoms with van der Waals surface area (Å²) in [6.45, 7) is 2.03. The van der Waals surface area contributed by atoms with Crippen molar-refractivity contribution < 1.29 is 13.2 Å². The number of aryl methyl sites for hydroxylation is 1. The number of pyridine rings is 1. The Hall–Kier alpha value is -2.18. The SMILES string of the molecule is Cc1nccc(CNc2cc(C(F)(F)F)ccn2)n1. The lowest BCUT2D eigenvalue weighted by Gasteiger charge is -2.09. The molecule has 0 atom stereocenters. The third-order valence-electron chi connectivity index (χ3n) is 2.37. The highest BCUT2D eigenvalue weighted by Gasteiger charge is 2.30. The number of nitrogens with one attached hydrogen (secondary N) is 1. The molecule has 0 aliphatic rings. The smallest absolute Gasteiger partial charge is 0.364 e. The number of alkyl halides is 3. The maximum absolute atomic E-state index is 12.5. The fourth-order valence-corrected chi connectivity index (χ4v) is 1.49. The molecule has 0 saturated heterocycles. The summed E-state index contributed by atoms with van der Waals surface area (Å²) in [5, 5.41) is 2.80. The largest absolute Gasteiger partial charge is 0.416 e. The van der Waals surface area contributed by atoms with Crippen molar-refractivity contribution >= 4 is 5.82 Å². The van der Waals surface area contributed by atoms with Crippen LogP contribution in [0.25, 0.3) is 0 Å². The molecule has 0 unspecified atom stereocenters.